The molecule has 0 aliphatic rings. The van der Waals surface area contributed by atoms with Crippen LogP contribution in [0.25, 0.3) is 11.3 Å². The van der Waals surface area contributed by atoms with E-state index in [1.54, 1.807) is 0 Å². The smallest absolute Gasteiger partial charge is 0.0393 e. The molecule has 0 aliphatic carbocycles. The van der Waals surface area contributed by atoms with E-state index < -0.39 is 0 Å². The highest BCUT2D eigenvalue weighted by Crippen LogP contribution is 2.22. The van der Waals surface area contributed by atoms with Crippen molar-refractivity contribution in [2.45, 2.75) is 27.2 Å². The minimum absolute atomic E-state index is 0.779. The van der Waals surface area contributed by atoms with Crippen LogP contribution in [0, 0.1) is 6.92 Å². The van der Waals surface area contributed by atoms with Crippen molar-refractivity contribution < 1.29 is 0 Å². The average Bonchev–Trinajstić information content (AvgIpc) is 2.74. The monoisotopic (exact) mass is 355 g/mol. The summed E-state index contributed by atoms with van der Waals surface area (Å²) in [5, 5.41) is 0. The van der Waals surface area contributed by atoms with E-state index in [9.17, 15) is 0 Å². The van der Waals surface area contributed by atoms with Gasteiger partial charge < -0.3 is 5.73 Å². The van der Waals surface area contributed by atoms with Crippen LogP contribution >= 0.6 is 0 Å². The predicted molar refractivity (Wildman–Crippen MR) is 119 cm³/mol. The van der Waals surface area contributed by atoms with Gasteiger partial charge in [-0.15, -0.1) is 0 Å². The summed E-state index contributed by atoms with van der Waals surface area (Å²) in [7, 11) is 0. The summed E-state index contributed by atoms with van der Waals surface area (Å²) in [6, 6.07) is 29.1. The van der Waals surface area contributed by atoms with Gasteiger partial charge in [-0.3, -0.25) is 0 Å². The highest BCUT2D eigenvalue weighted by molar-refractivity contribution is 5.83. The molecule has 2 N–H and O–H groups in total. The van der Waals surface area contributed by atoms with Crippen molar-refractivity contribution in [3.05, 3.63) is 119 Å². The van der Waals surface area contributed by atoms with Crippen LogP contribution in [0.3, 0.4) is 0 Å². The minimum atomic E-state index is 0.779. The van der Waals surface area contributed by atoms with Gasteiger partial charge in [0.05, 0.1) is 0 Å². The van der Waals surface area contributed by atoms with Crippen molar-refractivity contribution in [3.8, 4) is 0 Å². The molecule has 0 atom stereocenters. The van der Waals surface area contributed by atoms with E-state index in [1.807, 2.05) is 50.2 Å². The lowest BCUT2D eigenvalue weighted by atomic mass is 9.99. The molecule has 0 heterocycles. The quantitative estimate of drug-likeness (QED) is 0.510. The van der Waals surface area contributed by atoms with Crippen LogP contribution in [0.4, 0.5) is 0 Å². The second kappa shape index (κ2) is 10.8. The van der Waals surface area contributed by atoms with Crippen molar-refractivity contribution in [3.63, 3.8) is 0 Å². The second-order valence-corrected chi connectivity index (χ2v) is 6.18. The number of nitrogens with two attached hydrogens (primary N) is 1. The molecule has 0 fully saturated rings. The third-order valence-electron chi connectivity index (χ3n) is 4.17. The lowest BCUT2D eigenvalue weighted by Crippen LogP contribution is -1.97. The van der Waals surface area contributed by atoms with E-state index in [-0.39, 0.29) is 0 Å². The Morgan fingerprint density at radius 2 is 1.37 bits per heavy atom. The number of allylic oxidation sites excluding steroid dienone is 3. The normalized spacial score (nSPS) is 11.5. The maximum Gasteiger partial charge on any atom is 0.0393 e. The molecule has 27 heavy (non-hydrogen) atoms. The number of hydrogen-bond donors (Lipinski definition) is 1. The zero-order chi connectivity index (χ0) is 19.5. The molecule has 0 unspecified atom stereocenters. The van der Waals surface area contributed by atoms with Gasteiger partial charge in [-0.05, 0) is 41.7 Å². The number of hydrogen-bond acceptors (Lipinski definition) is 1. The van der Waals surface area contributed by atoms with Gasteiger partial charge in [-0.25, -0.2) is 0 Å². The molecule has 0 aliphatic heterocycles. The number of benzene rings is 3. The van der Waals surface area contributed by atoms with Crippen LogP contribution in [0.15, 0.2) is 97.1 Å². The largest absolute Gasteiger partial charge is 0.398 e. The first kappa shape index (κ1) is 20.3. The van der Waals surface area contributed by atoms with Crippen molar-refractivity contribution in [1.29, 1.82) is 0 Å². The van der Waals surface area contributed by atoms with Crippen LogP contribution in [0.1, 0.15) is 36.1 Å². The Morgan fingerprint density at radius 1 is 0.778 bits per heavy atom. The first-order valence-electron chi connectivity index (χ1n) is 9.56. The van der Waals surface area contributed by atoms with Crippen molar-refractivity contribution in [2.24, 2.45) is 5.73 Å². The Labute approximate surface area is 163 Å². The molecule has 0 amide bonds. The molecule has 3 rings (SSSR count). The van der Waals surface area contributed by atoms with E-state index in [4.69, 9.17) is 5.73 Å². The standard InChI is InChI=1S/C24H23N.C2H6/c1-19-9-8-14-22(17-19)23(16-15-20-10-4-2-5-11-20)18-24(25)21-12-6-3-7-13-21;1-2/h2-14,16-18H,15,25H2,1H3;1-2H3/b23-16+,24-18-;. The van der Waals surface area contributed by atoms with E-state index in [1.165, 1.54) is 16.7 Å². The van der Waals surface area contributed by atoms with Crippen molar-refractivity contribution in [2.75, 3.05) is 0 Å². The van der Waals surface area contributed by atoms with Crippen LogP contribution in [0.5, 0.6) is 0 Å². The van der Waals surface area contributed by atoms with Gasteiger partial charge in [0.2, 0.25) is 0 Å². The third kappa shape index (κ3) is 6.31. The Hall–Kier alpha value is -3.06. The summed E-state index contributed by atoms with van der Waals surface area (Å²) in [4.78, 5) is 0. The minimum Gasteiger partial charge on any atom is -0.398 e. The molecule has 0 saturated heterocycles. The maximum absolute atomic E-state index is 6.36. The molecule has 138 valence electrons. The van der Waals surface area contributed by atoms with Gasteiger partial charge in [0.25, 0.3) is 0 Å². The molecule has 0 aromatic heterocycles. The summed E-state index contributed by atoms with van der Waals surface area (Å²) in [5.41, 5.74) is 13.1. The zero-order valence-electron chi connectivity index (χ0n) is 16.5. The molecular formula is C26H29N. The lowest BCUT2D eigenvalue weighted by molar-refractivity contribution is 1.27. The van der Waals surface area contributed by atoms with Gasteiger partial charge in [-0.2, -0.15) is 0 Å². The van der Waals surface area contributed by atoms with Gasteiger partial charge >= 0.3 is 0 Å². The highest BCUT2D eigenvalue weighted by Gasteiger charge is 2.03. The average molecular weight is 356 g/mol. The maximum atomic E-state index is 6.36. The number of aryl methyl sites for hydroxylation is 1. The van der Waals surface area contributed by atoms with Crippen LogP contribution in [-0.4, -0.2) is 0 Å². The predicted octanol–water partition coefficient (Wildman–Crippen LogP) is 6.65. The summed E-state index contributed by atoms with van der Waals surface area (Å²) < 4.78 is 0. The summed E-state index contributed by atoms with van der Waals surface area (Å²) in [6.45, 7) is 6.11. The van der Waals surface area contributed by atoms with Crippen LogP contribution in [-0.2, 0) is 6.42 Å². The van der Waals surface area contributed by atoms with Gasteiger partial charge in [0, 0.05) is 5.70 Å². The molecule has 0 spiro atoms. The molecule has 0 radical (unpaired) electrons. The Balaban J connectivity index is 0.00000126. The fraction of sp³-hybridized carbons (Fsp3) is 0.154. The van der Waals surface area contributed by atoms with E-state index >= 15 is 0 Å². The zero-order valence-corrected chi connectivity index (χ0v) is 16.5. The molecule has 0 bridgehead atoms. The van der Waals surface area contributed by atoms with Gasteiger partial charge in [0.1, 0.15) is 0 Å². The summed E-state index contributed by atoms with van der Waals surface area (Å²) >= 11 is 0. The first-order valence-corrected chi connectivity index (χ1v) is 9.56. The fourth-order valence-corrected chi connectivity index (χ4v) is 2.81. The Bertz CT molecular complexity index is 874. The van der Waals surface area contributed by atoms with E-state index in [2.05, 4.69) is 67.6 Å². The van der Waals surface area contributed by atoms with Crippen LogP contribution in [0.2, 0.25) is 0 Å². The number of rotatable bonds is 5. The summed E-state index contributed by atoms with van der Waals surface area (Å²) in [6.07, 6.45) is 5.20. The van der Waals surface area contributed by atoms with Gasteiger partial charge in [-0.1, -0.05) is 110 Å². The summed E-state index contributed by atoms with van der Waals surface area (Å²) in [5.74, 6) is 0. The second-order valence-electron chi connectivity index (χ2n) is 6.18. The molecule has 1 nitrogen and oxygen atoms in total. The van der Waals surface area contributed by atoms with E-state index in [0.717, 1.165) is 23.3 Å². The Kier molecular flexibility index (Phi) is 8.12. The lowest BCUT2D eigenvalue weighted by Gasteiger charge is -2.08. The molecular weight excluding hydrogens is 326 g/mol. The molecule has 3 aromatic rings. The van der Waals surface area contributed by atoms with Crippen molar-refractivity contribution in [1.82, 2.24) is 0 Å². The van der Waals surface area contributed by atoms with Crippen molar-refractivity contribution >= 4 is 11.3 Å². The topological polar surface area (TPSA) is 26.0 Å². The van der Waals surface area contributed by atoms with E-state index in [0.29, 0.717) is 0 Å². The first-order chi connectivity index (χ1) is 13.2. The van der Waals surface area contributed by atoms with Crippen LogP contribution < -0.4 is 5.73 Å². The highest BCUT2D eigenvalue weighted by atomic mass is 14.6. The molecule has 3 aromatic carbocycles. The van der Waals surface area contributed by atoms with Gasteiger partial charge in [0.15, 0.2) is 0 Å². The Morgan fingerprint density at radius 3 is 2.00 bits per heavy atom. The molecule has 0 saturated carbocycles. The third-order valence-corrected chi connectivity index (χ3v) is 4.17. The fourth-order valence-electron chi connectivity index (χ4n) is 2.81. The SMILES string of the molecule is CC.Cc1cccc(C(/C=C(\N)c2ccccc2)=C/Cc2ccccc2)c1. The molecule has 1 heteroatoms.